The minimum absolute atomic E-state index is 0.0672. The van der Waals surface area contributed by atoms with Gasteiger partial charge in [-0.05, 0) is 12.1 Å². The lowest BCUT2D eigenvalue weighted by molar-refractivity contribution is -0.132. The first kappa shape index (κ1) is 13.8. The summed E-state index contributed by atoms with van der Waals surface area (Å²) in [5.41, 5.74) is 0. The van der Waals surface area contributed by atoms with Gasteiger partial charge in [-0.3, -0.25) is 4.79 Å². The normalized spacial score (nSPS) is 9.39. The van der Waals surface area contributed by atoms with Crippen LogP contribution in [0.4, 0.5) is 0 Å². The Balaban J connectivity index is 2.49. The second-order valence-corrected chi connectivity index (χ2v) is 3.66. The maximum Gasteiger partial charge on any atom is 0.260 e. The summed E-state index contributed by atoms with van der Waals surface area (Å²) in [6.45, 7) is 0.340. The Morgan fingerprint density at radius 3 is 2.67 bits per heavy atom. The van der Waals surface area contributed by atoms with Crippen LogP contribution in [0.25, 0.3) is 0 Å². The zero-order chi connectivity index (χ0) is 13.4. The average molecular weight is 248 g/mol. The van der Waals surface area contributed by atoms with Crippen LogP contribution in [0.2, 0.25) is 0 Å². The topological polar surface area (TPSA) is 62.6 Å². The number of benzene rings is 1. The van der Waals surface area contributed by atoms with Gasteiger partial charge in [-0.25, -0.2) is 0 Å². The van der Waals surface area contributed by atoms with Crippen molar-refractivity contribution in [2.24, 2.45) is 0 Å². The van der Waals surface area contributed by atoms with Crippen LogP contribution in [0, 0.1) is 11.3 Å². The maximum absolute atomic E-state index is 11.7. The molecule has 0 aliphatic heterocycles. The quantitative estimate of drug-likeness (QED) is 0.764. The molecule has 1 amide bonds. The molecular weight excluding hydrogens is 232 g/mol. The van der Waals surface area contributed by atoms with Crippen LogP contribution >= 0.6 is 0 Å². The van der Waals surface area contributed by atoms with Gasteiger partial charge in [-0.15, -0.1) is 0 Å². The standard InChI is InChI=1S/C13H16N2O3/c1-15(9-5-8-14)13(16)10-18-12-7-4-3-6-11(12)17-2/h3-4,6-7H,5,9-10H2,1-2H3. The predicted octanol–water partition coefficient (Wildman–Crippen LogP) is 1.45. The van der Waals surface area contributed by atoms with Crippen molar-refractivity contribution in [3.63, 3.8) is 0 Å². The Morgan fingerprint density at radius 2 is 2.06 bits per heavy atom. The van der Waals surface area contributed by atoms with E-state index in [9.17, 15) is 4.79 Å². The fraction of sp³-hybridized carbons (Fsp3) is 0.385. The molecule has 5 nitrogen and oxygen atoms in total. The molecule has 1 rings (SSSR count). The molecule has 0 bridgehead atoms. The van der Waals surface area contributed by atoms with Crippen molar-refractivity contribution in [2.75, 3.05) is 27.3 Å². The number of methoxy groups -OCH3 is 1. The van der Waals surface area contributed by atoms with Crippen LogP contribution in [-0.2, 0) is 4.79 Å². The van der Waals surface area contributed by atoms with Gasteiger partial charge < -0.3 is 14.4 Å². The van der Waals surface area contributed by atoms with Crippen molar-refractivity contribution in [3.05, 3.63) is 24.3 Å². The van der Waals surface area contributed by atoms with E-state index in [1.54, 1.807) is 26.3 Å². The number of amides is 1. The summed E-state index contributed by atoms with van der Waals surface area (Å²) in [4.78, 5) is 13.1. The van der Waals surface area contributed by atoms with Crippen LogP contribution in [0.5, 0.6) is 11.5 Å². The molecule has 0 aliphatic carbocycles. The lowest BCUT2D eigenvalue weighted by Gasteiger charge is -2.16. The Labute approximate surface area is 107 Å². The second kappa shape index (κ2) is 7.17. The number of hydrogen-bond donors (Lipinski definition) is 0. The third-order valence-electron chi connectivity index (χ3n) is 2.40. The minimum Gasteiger partial charge on any atom is -0.493 e. The van der Waals surface area contributed by atoms with Gasteiger partial charge in [0.15, 0.2) is 18.1 Å². The molecule has 1 aromatic carbocycles. The smallest absolute Gasteiger partial charge is 0.260 e. The highest BCUT2D eigenvalue weighted by Crippen LogP contribution is 2.25. The third kappa shape index (κ3) is 3.98. The van der Waals surface area contributed by atoms with Crippen LogP contribution in [-0.4, -0.2) is 38.1 Å². The number of ether oxygens (including phenoxy) is 2. The number of rotatable bonds is 6. The molecule has 0 spiro atoms. The number of para-hydroxylation sites is 2. The zero-order valence-electron chi connectivity index (χ0n) is 10.5. The van der Waals surface area contributed by atoms with Crippen molar-refractivity contribution < 1.29 is 14.3 Å². The summed E-state index contributed by atoms with van der Waals surface area (Å²) in [5, 5.41) is 8.44. The molecule has 18 heavy (non-hydrogen) atoms. The number of nitrogens with zero attached hydrogens (tertiary/aromatic N) is 2. The number of likely N-dealkylation sites (N-methyl/N-ethyl adjacent to an activating group) is 1. The van der Waals surface area contributed by atoms with E-state index in [0.29, 0.717) is 24.5 Å². The molecule has 1 aromatic rings. The van der Waals surface area contributed by atoms with E-state index in [-0.39, 0.29) is 12.5 Å². The molecule has 5 heteroatoms. The highest BCUT2D eigenvalue weighted by atomic mass is 16.5. The molecule has 0 aromatic heterocycles. The van der Waals surface area contributed by atoms with E-state index in [0.717, 1.165) is 0 Å². The van der Waals surface area contributed by atoms with Gasteiger partial charge in [0, 0.05) is 13.6 Å². The summed E-state index contributed by atoms with van der Waals surface area (Å²) in [5.74, 6) is 0.947. The lowest BCUT2D eigenvalue weighted by Crippen LogP contribution is -2.32. The number of hydrogen-bond acceptors (Lipinski definition) is 4. The van der Waals surface area contributed by atoms with E-state index in [1.807, 2.05) is 18.2 Å². The van der Waals surface area contributed by atoms with Crippen molar-refractivity contribution in [1.29, 1.82) is 5.26 Å². The zero-order valence-corrected chi connectivity index (χ0v) is 10.5. The molecule has 0 fully saturated rings. The summed E-state index contributed by atoms with van der Waals surface area (Å²) < 4.78 is 10.5. The summed E-state index contributed by atoms with van der Waals surface area (Å²) in [6.07, 6.45) is 0.316. The molecule has 96 valence electrons. The molecule has 0 N–H and O–H groups in total. The molecule has 0 heterocycles. The van der Waals surface area contributed by atoms with Gasteiger partial charge >= 0.3 is 0 Å². The summed E-state index contributed by atoms with van der Waals surface area (Å²) in [7, 11) is 3.19. The number of carbonyl (C=O) groups is 1. The number of carbonyl (C=O) groups excluding carboxylic acids is 1. The van der Waals surface area contributed by atoms with Crippen LogP contribution in [0.15, 0.2) is 24.3 Å². The molecule has 0 aliphatic rings. The van der Waals surface area contributed by atoms with Crippen molar-refractivity contribution in [1.82, 2.24) is 4.90 Å². The first-order valence-electron chi connectivity index (χ1n) is 5.55. The molecular formula is C13H16N2O3. The van der Waals surface area contributed by atoms with E-state index in [4.69, 9.17) is 14.7 Å². The number of nitriles is 1. The first-order valence-corrected chi connectivity index (χ1v) is 5.55. The van der Waals surface area contributed by atoms with Gasteiger partial charge in [-0.1, -0.05) is 12.1 Å². The molecule has 0 saturated heterocycles. The Hall–Kier alpha value is -2.22. The third-order valence-corrected chi connectivity index (χ3v) is 2.40. The first-order chi connectivity index (χ1) is 8.69. The highest BCUT2D eigenvalue weighted by Gasteiger charge is 2.10. The van der Waals surface area contributed by atoms with Crippen LogP contribution in [0.1, 0.15) is 6.42 Å². The summed E-state index contributed by atoms with van der Waals surface area (Å²) in [6, 6.07) is 9.12. The Kier molecular flexibility index (Phi) is 5.52. The van der Waals surface area contributed by atoms with Crippen molar-refractivity contribution in [3.8, 4) is 17.6 Å². The van der Waals surface area contributed by atoms with Gasteiger partial charge in [0.1, 0.15) is 0 Å². The van der Waals surface area contributed by atoms with Gasteiger partial charge in [-0.2, -0.15) is 5.26 Å². The fourth-order valence-electron chi connectivity index (χ4n) is 1.33. The molecule has 0 unspecified atom stereocenters. The highest BCUT2D eigenvalue weighted by molar-refractivity contribution is 5.77. The average Bonchev–Trinajstić information content (AvgIpc) is 2.42. The van der Waals surface area contributed by atoms with E-state index < -0.39 is 0 Å². The SMILES string of the molecule is COc1ccccc1OCC(=O)N(C)CCC#N. The van der Waals surface area contributed by atoms with E-state index >= 15 is 0 Å². The molecule has 0 radical (unpaired) electrons. The maximum atomic E-state index is 11.7. The second-order valence-electron chi connectivity index (χ2n) is 3.66. The Bertz CT molecular complexity index is 440. The lowest BCUT2D eigenvalue weighted by atomic mass is 10.3. The summed E-state index contributed by atoms with van der Waals surface area (Å²) >= 11 is 0. The van der Waals surface area contributed by atoms with E-state index in [1.165, 1.54) is 4.90 Å². The monoisotopic (exact) mass is 248 g/mol. The molecule has 0 atom stereocenters. The van der Waals surface area contributed by atoms with Crippen molar-refractivity contribution in [2.45, 2.75) is 6.42 Å². The Morgan fingerprint density at radius 1 is 1.39 bits per heavy atom. The van der Waals surface area contributed by atoms with Crippen LogP contribution in [0.3, 0.4) is 0 Å². The minimum atomic E-state index is -0.170. The van der Waals surface area contributed by atoms with E-state index in [2.05, 4.69) is 0 Å². The fourth-order valence-corrected chi connectivity index (χ4v) is 1.33. The molecule has 0 saturated carbocycles. The van der Waals surface area contributed by atoms with Gasteiger partial charge in [0.25, 0.3) is 5.91 Å². The van der Waals surface area contributed by atoms with Gasteiger partial charge in [0.05, 0.1) is 19.6 Å². The largest absolute Gasteiger partial charge is 0.493 e. The van der Waals surface area contributed by atoms with Crippen molar-refractivity contribution >= 4 is 5.91 Å². The predicted molar refractivity (Wildman–Crippen MR) is 66.4 cm³/mol. The van der Waals surface area contributed by atoms with Crippen LogP contribution < -0.4 is 9.47 Å². The van der Waals surface area contributed by atoms with Gasteiger partial charge in [0.2, 0.25) is 0 Å².